The third-order valence-corrected chi connectivity index (χ3v) is 4.12. The highest BCUT2D eigenvalue weighted by Crippen LogP contribution is 2.28. The van der Waals surface area contributed by atoms with Gasteiger partial charge in [0.2, 0.25) is 0 Å². The summed E-state index contributed by atoms with van der Waals surface area (Å²) in [5, 5.41) is 4.61. The van der Waals surface area contributed by atoms with Crippen LogP contribution in [0.15, 0.2) is 0 Å². The molecule has 0 bridgehead atoms. The van der Waals surface area contributed by atoms with Crippen LogP contribution in [0.1, 0.15) is 46.5 Å². The zero-order valence-electron chi connectivity index (χ0n) is 10.1. The lowest BCUT2D eigenvalue weighted by molar-refractivity contribution is 0.354. The summed E-state index contributed by atoms with van der Waals surface area (Å²) in [5.74, 6) is 0. The van der Waals surface area contributed by atoms with Crippen LogP contribution in [-0.4, -0.2) is 24.1 Å². The molecule has 0 heterocycles. The van der Waals surface area contributed by atoms with Gasteiger partial charge in [0.15, 0.2) is 0 Å². The van der Waals surface area contributed by atoms with Crippen molar-refractivity contribution in [2.45, 2.75) is 57.7 Å². The van der Waals surface area contributed by atoms with Gasteiger partial charge in [0.25, 0.3) is 0 Å². The predicted octanol–water partition coefficient (Wildman–Crippen LogP) is 3.30. The maximum absolute atomic E-state index is 3.69. The summed E-state index contributed by atoms with van der Waals surface area (Å²) in [5.41, 5.74) is 0.477. The molecule has 0 spiro atoms. The highest BCUT2D eigenvalue weighted by atomic mass is 32.2. The molecule has 0 aromatic carbocycles. The Bertz CT molecular complexity index is 162. The minimum absolute atomic E-state index is 0.477. The first-order valence-corrected chi connectivity index (χ1v) is 7.06. The van der Waals surface area contributed by atoms with Crippen LogP contribution >= 0.6 is 11.8 Å². The first-order valence-electron chi connectivity index (χ1n) is 5.77. The van der Waals surface area contributed by atoms with Crippen molar-refractivity contribution in [1.82, 2.24) is 5.32 Å². The summed E-state index contributed by atoms with van der Waals surface area (Å²) in [6.45, 7) is 8.13. The van der Waals surface area contributed by atoms with Crippen LogP contribution in [0.4, 0.5) is 0 Å². The van der Waals surface area contributed by atoms with E-state index in [2.05, 4.69) is 32.3 Å². The summed E-state index contributed by atoms with van der Waals surface area (Å²) < 4.78 is 0. The van der Waals surface area contributed by atoms with Gasteiger partial charge in [-0.15, -0.1) is 0 Å². The van der Waals surface area contributed by atoms with Crippen molar-refractivity contribution in [3.8, 4) is 0 Å². The maximum Gasteiger partial charge on any atom is 0.00780 e. The van der Waals surface area contributed by atoms with Crippen molar-refractivity contribution in [1.29, 1.82) is 0 Å². The smallest absolute Gasteiger partial charge is 0.00780 e. The molecule has 84 valence electrons. The fourth-order valence-electron chi connectivity index (χ4n) is 1.99. The van der Waals surface area contributed by atoms with Gasteiger partial charge in [0.1, 0.15) is 0 Å². The second-order valence-corrected chi connectivity index (χ2v) is 6.77. The van der Waals surface area contributed by atoms with Crippen LogP contribution in [0.2, 0.25) is 0 Å². The van der Waals surface area contributed by atoms with E-state index < -0.39 is 0 Å². The van der Waals surface area contributed by atoms with Gasteiger partial charge < -0.3 is 5.32 Å². The molecular formula is C12H25NS. The highest BCUT2D eigenvalue weighted by molar-refractivity contribution is 7.99. The van der Waals surface area contributed by atoms with Gasteiger partial charge in [-0.05, 0) is 43.9 Å². The van der Waals surface area contributed by atoms with Crippen molar-refractivity contribution < 1.29 is 0 Å². The number of hydrogen-bond acceptors (Lipinski definition) is 2. The molecule has 1 aliphatic carbocycles. The molecule has 1 rings (SSSR count). The van der Waals surface area contributed by atoms with Crippen molar-refractivity contribution in [2.24, 2.45) is 5.41 Å². The van der Waals surface area contributed by atoms with Gasteiger partial charge in [-0.25, -0.2) is 0 Å². The normalized spacial score (nSPS) is 28.3. The number of hydrogen-bond donors (Lipinski definition) is 1. The van der Waals surface area contributed by atoms with Gasteiger partial charge in [-0.3, -0.25) is 0 Å². The Morgan fingerprint density at radius 3 is 2.50 bits per heavy atom. The predicted molar refractivity (Wildman–Crippen MR) is 67.0 cm³/mol. The highest BCUT2D eigenvalue weighted by Gasteiger charge is 2.23. The molecule has 0 aromatic rings. The Morgan fingerprint density at radius 2 is 2.00 bits per heavy atom. The van der Waals surface area contributed by atoms with Crippen LogP contribution < -0.4 is 5.32 Å². The van der Waals surface area contributed by atoms with Crippen molar-refractivity contribution in [3.05, 3.63) is 0 Å². The Labute approximate surface area is 93.4 Å². The van der Waals surface area contributed by atoms with Gasteiger partial charge in [-0.2, -0.15) is 11.8 Å². The van der Waals surface area contributed by atoms with Gasteiger partial charge in [-0.1, -0.05) is 20.8 Å². The molecule has 1 fully saturated rings. The molecule has 0 aromatic heterocycles. The van der Waals surface area contributed by atoms with Crippen LogP contribution in [0.3, 0.4) is 0 Å². The Morgan fingerprint density at radius 1 is 1.29 bits per heavy atom. The van der Waals surface area contributed by atoms with Gasteiger partial charge in [0, 0.05) is 11.3 Å². The molecule has 0 amide bonds. The van der Waals surface area contributed by atoms with Crippen molar-refractivity contribution in [2.75, 3.05) is 12.8 Å². The average molecular weight is 215 g/mol. The van der Waals surface area contributed by atoms with Crippen LogP contribution in [0.25, 0.3) is 0 Å². The Kier molecular flexibility index (Phi) is 4.78. The third-order valence-electron chi connectivity index (χ3n) is 3.03. The minimum atomic E-state index is 0.477. The summed E-state index contributed by atoms with van der Waals surface area (Å²) in [4.78, 5) is 0. The zero-order valence-corrected chi connectivity index (χ0v) is 10.9. The van der Waals surface area contributed by atoms with Gasteiger partial charge >= 0.3 is 0 Å². The van der Waals surface area contributed by atoms with E-state index in [1.807, 2.05) is 11.8 Å². The summed E-state index contributed by atoms with van der Waals surface area (Å²) >= 11 is 2.04. The van der Waals surface area contributed by atoms with Crippen molar-refractivity contribution >= 4 is 11.8 Å². The second-order valence-electron chi connectivity index (χ2n) is 5.63. The fourth-order valence-corrected chi connectivity index (χ4v) is 2.79. The standard InChI is InChI=1S/C12H25NS/c1-12(2,3)7-8-13-10-5-6-11(9-10)14-4/h10-11,13H,5-9H2,1-4H3. The van der Waals surface area contributed by atoms with Crippen LogP contribution in [0, 0.1) is 5.41 Å². The SMILES string of the molecule is CSC1CCC(NCCC(C)(C)C)C1. The first-order chi connectivity index (χ1) is 6.51. The molecule has 1 nitrogen and oxygen atoms in total. The molecule has 1 saturated carbocycles. The molecule has 2 heteroatoms. The monoisotopic (exact) mass is 215 g/mol. The number of thioether (sulfide) groups is 1. The molecule has 0 saturated heterocycles. The lowest BCUT2D eigenvalue weighted by Gasteiger charge is -2.20. The number of nitrogens with one attached hydrogen (secondary N) is 1. The molecule has 2 unspecified atom stereocenters. The third kappa shape index (κ3) is 4.70. The Balaban J connectivity index is 2.09. The first kappa shape index (κ1) is 12.4. The second kappa shape index (κ2) is 5.41. The lowest BCUT2D eigenvalue weighted by atomic mass is 9.92. The van der Waals surface area contributed by atoms with E-state index in [4.69, 9.17) is 0 Å². The van der Waals surface area contributed by atoms with E-state index in [9.17, 15) is 0 Å². The molecule has 1 aliphatic rings. The molecular weight excluding hydrogens is 190 g/mol. The molecule has 2 atom stereocenters. The molecule has 14 heavy (non-hydrogen) atoms. The van der Waals surface area contributed by atoms with E-state index in [1.54, 1.807) is 0 Å². The lowest BCUT2D eigenvalue weighted by Crippen LogP contribution is -2.29. The fraction of sp³-hybridized carbons (Fsp3) is 1.00. The van der Waals surface area contributed by atoms with E-state index in [1.165, 1.54) is 32.2 Å². The average Bonchev–Trinajstić information content (AvgIpc) is 2.50. The maximum atomic E-state index is 3.69. The summed E-state index contributed by atoms with van der Waals surface area (Å²) in [6.07, 6.45) is 7.70. The van der Waals surface area contributed by atoms with Gasteiger partial charge in [0.05, 0.1) is 0 Å². The molecule has 1 N–H and O–H groups in total. The zero-order chi connectivity index (χ0) is 10.6. The number of rotatable bonds is 4. The van der Waals surface area contributed by atoms with Crippen molar-refractivity contribution in [3.63, 3.8) is 0 Å². The van der Waals surface area contributed by atoms with Crippen LogP contribution in [0.5, 0.6) is 0 Å². The van der Waals surface area contributed by atoms with E-state index in [0.29, 0.717) is 5.41 Å². The minimum Gasteiger partial charge on any atom is -0.314 e. The topological polar surface area (TPSA) is 12.0 Å². The Hall–Kier alpha value is 0.310. The van der Waals surface area contributed by atoms with E-state index >= 15 is 0 Å². The van der Waals surface area contributed by atoms with E-state index in [0.717, 1.165) is 11.3 Å². The summed E-state index contributed by atoms with van der Waals surface area (Å²) in [7, 11) is 0. The van der Waals surface area contributed by atoms with E-state index in [-0.39, 0.29) is 0 Å². The largest absolute Gasteiger partial charge is 0.314 e. The molecule has 0 radical (unpaired) electrons. The summed E-state index contributed by atoms with van der Waals surface area (Å²) in [6, 6.07) is 0.801. The quantitative estimate of drug-likeness (QED) is 0.772. The van der Waals surface area contributed by atoms with Crippen LogP contribution in [-0.2, 0) is 0 Å². The molecule has 0 aliphatic heterocycles.